The highest BCUT2D eigenvalue weighted by Gasteiger charge is 2.44. The maximum Gasteiger partial charge on any atom is 0.220 e. The summed E-state index contributed by atoms with van der Waals surface area (Å²) in [7, 11) is 0. The SMILES string of the molecule is CCCCCCCCCCCCCCC/C=C/CC/C=C/CC/C=C/C(O)C(COC1OC(CO)C(O)C(O)C1O)NC(=O)CCCCCCCCCCCCCCCCCCCCCCCCCCCCCCCCCCCCCC. The van der Waals surface area contributed by atoms with E-state index in [1.807, 2.05) is 6.08 Å². The van der Waals surface area contributed by atoms with Crippen molar-refractivity contribution in [3.63, 3.8) is 0 Å². The molecule has 6 N–H and O–H groups in total. The van der Waals surface area contributed by atoms with Gasteiger partial charge in [-0.3, -0.25) is 4.79 Å². The molecule has 0 aromatic heterocycles. The fourth-order valence-electron chi connectivity index (χ4n) is 11.8. The van der Waals surface area contributed by atoms with Gasteiger partial charge in [0.15, 0.2) is 6.29 Å². The number of rotatable bonds is 64. The lowest BCUT2D eigenvalue weighted by molar-refractivity contribution is -0.302. The van der Waals surface area contributed by atoms with E-state index in [2.05, 4.69) is 43.5 Å². The summed E-state index contributed by atoms with van der Waals surface area (Å²) in [5.41, 5.74) is 0. The van der Waals surface area contributed by atoms with Crippen LogP contribution >= 0.6 is 0 Å². The minimum absolute atomic E-state index is 0.183. The number of aliphatic hydroxyl groups excluding tert-OH is 5. The maximum atomic E-state index is 13.1. The van der Waals surface area contributed by atoms with Crippen LogP contribution in [0.3, 0.4) is 0 Å². The maximum absolute atomic E-state index is 13.1. The first kappa shape index (κ1) is 78.4. The molecule has 1 fully saturated rings. The summed E-state index contributed by atoms with van der Waals surface area (Å²) in [6.07, 6.45) is 77.1. The molecule has 0 bridgehead atoms. The smallest absolute Gasteiger partial charge is 0.220 e. The van der Waals surface area contributed by atoms with E-state index in [0.29, 0.717) is 6.42 Å². The molecule has 9 heteroatoms. The van der Waals surface area contributed by atoms with Gasteiger partial charge in [-0.1, -0.05) is 352 Å². The van der Waals surface area contributed by atoms with Crippen molar-refractivity contribution in [1.82, 2.24) is 5.32 Å². The third-order valence-electron chi connectivity index (χ3n) is 17.4. The van der Waals surface area contributed by atoms with Crippen LogP contribution < -0.4 is 5.32 Å². The molecule has 0 aromatic carbocycles. The zero-order chi connectivity index (χ0) is 59.3. The first-order valence-corrected chi connectivity index (χ1v) is 36.2. The van der Waals surface area contributed by atoms with E-state index in [-0.39, 0.29) is 12.5 Å². The van der Waals surface area contributed by atoms with Crippen LogP contribution in [0.25, 0.3) is 0 Å². The molecule has 7 unspecified atom stereocenters. The summed E-state index contributed by atoms with van der Waals surface area (Å²) in [5.74, 6) is -0.183. The van der Waals surface area contributed by atoms with E-state index >= 15 is 0 Å². The third kappa shape index (κ3) is 50.6. The normalized spacial score (nSPS) is 18.5. The summed E-state index contributed by atoms with van der Waals surface area (Å²) < 4.78 is 11.3. The minimum Gasteiger partial charge on any atom is -0.394 e. The van der Waals surface area contributed by atoms with Crippen LogP contribution in [0.2, 0.25) is 0 Å². The Bertz CT molecular complexity index is 1390. The first-order valence-electron chi connectivity index (χ1n) is 36.2. The van der Waals surface area contributed by atoms with E-state index in [1.165, 1.54) is 302 Å². The van der Waals surface area contributed by atoms with E-state index in [9.17, 15) is 30.3 Å². The molecular formula is C73H139NO8. The van der Waals surface area contributed by atoms with Crippen molar-refractivity contribution in [3.8, 4) is 0 Å². The molecule has 1 amide bonds. The Morgan fingerprint density at radius 2 is 0.695 bits per heavy atom. The van der Waals surface area contributed by atoms with E-state index in [1.54, 1.807) is 6.08 Å². The van der Waals surface area contributed by atoms with Gasteiger partial charge in [0.25, 0.3) is 0 Å². The number of nitrogens with one attached hydrogen (secondary N) is 1. The summed E-state index contributed by atoms with van der Waals surface area (Å²) in [5, 5.41) is 54.7. The second-order valence-corrected chi connectivity index (χ2v) is 25.4. The van der Waals surface area contributed by atoms with Gasteiger partial charge >= 0.3 is 0 Å². The van der Waals surface area contributed by atoms with Crippen molar-refractivity contribution in [2.75, 3.05) is 13.2 Å². The molecule has 0 aromatic rings. The van der Waals surface area contributed by atoms with E-state index < -0.39 is 49.5 Å². The Morgan fingerprint density at radius 3 is 1.02 bits per heavy atom. The summed E-state index contributed by atoms with van der Waals surface area (Å²) in [6, 6.07) is -0.828. The van der Waals surface area contributed by atoms with E-state index in [4.69, 9.17) is 9.47 Å². The predicted octanol–water partition coefficient (Wildman–Crippen LogP) is 19.8. The van der Waals surface area contributed by atoms with Gasteiger partial charge in [-0.15, -0.1) is 0 Å². The van der Waals surface area contributed by atoms with Gasteiger partial charge in [-0.25, -0.2) is 0 Å². The number of aliphatic hydroxyl groups is 5. The van der Waals surface area contributed by atoms with Crippen LogP contribution in [0.5, 0.6) is 0 Å². The quantitative estimate of drug-likeness (QED) is 0.0261. The van der Waals surface area contributed by atoms with Crippen LogP contribution in [0.15, 0.2) is 36.5 Å². The molecule has 82 heavy (non-hydrogen) atoms. The predicted molar refractivity (Wildman–Crippen MR) is 350 cm³/mol. The standard InChI is InChI=1S/C73H139NO8/c1-3-5-7-9-11-13-15-17-19-21-23-25-27-28-29-30-31-32-33-34-35-36-37-38-39-41-43-45-47-49-51-53-55-57-59-61-63-69(77)74-66(65-81-73-72(80)71(79)70(78)68(64-75)82-73)67(76)62-60-58-56-54-52-50-48-46-44-42-40-26-24-22-20-18-16-14-12-10-8-6-4-2/h44,46,52,54,60,62,66-68,70-73,75-76,78-80H,3-43,45,47-51,53,55-59,61,63-65H2,1-2H3,(H,74,77)/b46-44+,54-52+,62-60+. The Labute approximate surface area is 508 Å². The topological polar surface area (TPSA) is 149 Å². The van der Waals surface area contributed by atoms with Crippen molar-refractivity contribution in [2.24, 2.45) is 0 Å². The van der Waals surface area contributed by atoms with Gasteiger partial charge in [0.05, 0.1) is 25.4 Å². The highest BCUT2D eigenvalue weighted by atomic mass is 16.7. The Hall–Kier alpha value is -1.59. The van der Waals surface area contributed by atoms with Crippen molar-refractivity contribution in [3.05, 3.63) is 36.5 Å². The van der Waals surface area contributed by atoms with Crippen LogP contribution in [-0.2, 0) is 14.3 Å². The molecule has 7 atom stereocenters. The van der Waals surface area contributed by atoms with Crippen molar-refractivity contribution in [1.29, 1.82) is 0 Å². The highest BCUT2D eigenvalue weighted by Crippen LogP contribution is 2.24. The number of carbonyl (C=O) groups excluding carboxylic acids is 1. The molecule has 1 rings (SSSR count). The fraction of sp³-hybridized carbons (Fsp3) is 0.904. The second-order valence-electron chi connectivity index (χ2n) is 25.4. The number of allylic oxidation sites excluding steroid dienone is 5. The van der Waals surface area contributed by atoms with E-state index in [0.717, 1.165) is 44.9 Å². The molecule has 1 saturated heterocycles. The highest BCUT2D eigenvalue weighted by molar-refractivity contribution is 5.76. The molecular weight excluding hydrogens is 1020 g/mol. The van der Waals surface area contributed by atoms with Gasteiger partial charge in [-0.2, -0.15) is 0 Å². The van der Waals surface area contributed by atoms with Crippen LogP contribution in [0, 0.1) is 0 Å². The monoisotopic (exact) mass is 1160 g/mol. The molecule has 0 spiro atoms. The summed E-state index contributed by atoms with van der Waals surface area (Å²) in [6.45, 7) is 3.81. The summed E-state index contributed by atoms with van der Waals surface area (Å²) in [4.78, 5) is 13.1. The molecule has 1 aliphatic rings. The van der Waals surface area contributed by atoms with Gasteiger partial charge in [-0.05, 0) is 44.9 Å². The average molecular weight is 1160 g/mol. The minimum atomic E-state index is -1.57. The van der Waals surface area contributed by atoms with Crippen molar-refractivity contribution < 1.29 is 39.8 Å². The van der Waals surface area contributed by atoms with Gasteiger partial charge < -0.3 is 40.3 Å². The molecule has 1 heterocycles. The van der Waals surface area contributed by atoms with Crippen LogP contribution in [0.1, 0.15) is 367 Å². The lowest BCUT2D eigenvalue weighted by Gasteiger charge is -2.40. The third-order valence-corrected chi connectivity index (χ3v) is 17.4. The summed E-state index contributed by atoms with van der Waals surface area (Å²) >= 11 is 0. The number of unbranched alkanes of at least 4 members (excludes halogenated alkanes) is 50. The zero-order valence-corrected chi connectivity index (χ0v) is 54.3. The molecule has 9 nitrogen and oxygen atoms in total. The fourth-order valence-corrected chi connectivity index (χ4v) is 11.8. The first-order chi connectivity index (χ1) is 40.3. The van der Waals surface area contributed by atoms with Crippen LogP contribution in [0.4, 0.5) is 0 Å². The number of amides is 1. The van der Waals surface area contributed by atoms with Gasteiger partial charge in [0.1, 0.15) is 24.4 Å². The molecule has 484 valence electrons. The zero-order valence-electron chi connectivity index (χ0n) is 54.3. The molecule has 1 aliphatic heterocycles. The average Bonchev–Trinajstić information content (AvgIpc) is 3.59. The van der Waals surface area contributed by atoms with Crippen LogP contribution in [-0.4, -0.2) is 87.5 Å². The van der Waals surface area contributed by atoms with Gasteiger partial charge in [0, 0.05) is 6.42 Å². The van der Waals surface area contributed by atoms with Crippen molar-refractivity contribution in [2.45, 2.75) is 410 Å². The second kappa shape index (κ2) is 62.5. The largest absolute Gasteiger partial charge is 0.394 e. The molecule has 0 radical (unpaired) electrons. The number of hydrogen-bond donors (Lipinski definition) is 6. The van der Waals surface area contributed by atoms with Crippen molar-refractivity contribution >= 4 is 5.91 Å². The lowest BCUT2D eigenvalue weighted by atomic mass is 9.99. The Balaban J connectivity index is 2.10. The lowest BCUT2D eigenvalue weighted by Crippen LogP contribution is -2.60. The Kier molecular flexibility index (Phi) is 59.7. The molecule has 0 aliphatic carbocycles. The number of hydrogen-bond acceptors (Lipinski definition) is 8. The number of carbonyl (C=O) groups is 1. The molecule has 0 saturated carbocycles. The van der Waals surface area contributed by atoms with Gasteiger partial charge in [0.2, 0.25) is 5.91 Å². The number of ether oxygens (including phenoxy) is 2. The Morgan fingerprint density at radius 1 is 0.402 bits per heavy atom.